The topological polar surface area (TPSA) is 89.3 Å². The van der Waals surface area contributed by atoms with E-state index in [4.69, 9.17) is 28.9 Å². The molecular formula is C17H12Cl2N2O3. The average Bonchev–Trinajstić information content (AvgIpc) is 2.89. The summed E-state index contributed by atoms with van der Waals surface area (Å²) >= 11 is 12.2. The van der Waals surface area contributed by atoms with Crippen LogP contribution in [0.2, 0.25) is 10.0 Å². The molecule has 2 aromatic rings. The molecule has 7 heteroatoms. The third-order valence-corrected chi connectivity index (χ3v) is 4.58. The summed E-state index contributed by atoms with van der Waals surface area (Å²) in [4.78, 5) is 35.7. The van der Waals surface area contributed by atoms with E-state index in [9.17, 15) is 14.4 Å². The Labute approximate surface area is 147 Å². The van der Waals surface area contributed by atoms with Crippen molar-refractivity contribution in [1.29, 1.82) is 0 Å². The highest BCUT2D eigenvalue weighted by molar-refractivity contribution is 6.38. The first-order valence-corrected chi connectivity index (χ1v) is 7.86. The van der Waals surface area contributed by atoms with Gasteiger partial charge in [0.1, 0.15) is 0 Å². The number of fused-ring (bicyclic) bond motifs is 1. The second kappa shape index (κ2) is 6.26. The molecule has 2 aromatic carbocycles. The highest BCUT2D eigenvalue weighted by Gasteiger charge is 2.35. The van der Waals surface area contributed by atoms with Crippen molar-refractivity contribution in [3.63, 3.8) is 0 Å². The van der Waals surface area contributed by atoms with Gasteiger partial charge in [-0.25, -0.2) is 0 Å². The van der Waals surface area contributed by atoms with Gasteiger partial charge in [0, 0.05) is 28.1 Å². The number of amides is 2. The van der Waals surface area contributed by atoms with Gasteiger partial charge in [-0.2, -0.15) is 0 Å². The molecule has 5 nitrogen and oxygen atoms in total. The Kier molecular flexibility index (Phi) is 4.30. The SMILES string of the molecule is NC(=O)c1ccc(C(=O)CC2C(=O)Nc3c(Cl)ccc(Cl)c32)cc1. The Hall–Kier alpha value is -2.37. The minimum atomic E-state index is -0.700. The van der Waals surface area contributed by atoms with Crippen LogP contribution in [0, 0.1) is 0 Å². The van der Waals surface area contributed by atoms with Crippen LogP contribution in [-0.2, 0) is 4.79 Å². The predicted octanol–water partition coefficient (Wildman–Crippen LogP) is 3.40. The molecule has 1 aliphatic heterocycles. The lowest BCUT2D eigenvalue weighted by Gasteiger charge is -2.10. The van der Waals surface area contributed by atoms with Crippen LogP contribution >= 0.6 is 23.2 Å². The van der Waals surface area contributed by atoms with E-state index in [1.54, 1.807) is 12.1 Å². The predicted molar refractivity (Wildman–Crippen MR) is 91.7 cm³/mol. The number of carbonyl (C=O) groups is 3. The summed E-state index contributed by atoms with van der Waals surface area (Å²) in [6, 6.07) is 9.16. The number of hydrogen-bond donors (Lipinski definition) is 2. The van der Waals surface area contributed by atoms with Gasteiger partial charge in [-0.3, -0.25) is 14.4 Å². The molecule has 0 saturated heterocycles. The second-order valence-corrected chi connectivity index (χ2v) is 6.24. The Balaban J connectivity index is 1.87. The lowest BCUT2D eigenvalue weighted by molar-refractivity contribution is -0.117. The number of carbonyl (C=O) groups excluding carboxylic acids is 3. The van der Waals surface area contributed by atoms with E-state index in [0.717, 1.165) is 0 Å². The Morgan fingerprint density at radius 3 is 2.21 bits per heavy atom. The van der Waals surface area contributed by atoms with Gasteiger partial charge in [0.05, 0.1) is 16.6 Å². The summed E-state index contributed by atoms with van der Waals surface area (Å²) < 4.78 is 0. The van der Waals surface area contributed by atoms with Crippen molar-refractivity contribution in [2.45, 2.75) is 12.3 Å². The first-order valence-electron chi connectivity index (χ1n) is 7.10. The van der Waals surface area contributed by atoms with Crippen molar-refractivity contribution in [2.24, 2.45) is 5.73 Å². The maximum absolute atomic E-state index is 12.5. The summed E-state index contributed by atoms with van der Waals surface area (Å²) in [5.41, 5.74) is 6.86. The number of primary amides is 1. The minimum Gasteiger partial charge on any atom is -0.366 e. The Bertz CT molecular complexity index is 863. The maximum Gasteiger partial charge on any atom is 0.248 e. The number of anilines is 1. The quantitative estimate of drug-likeness (QED) is 0.816. The first-order chi connectivity index (χ1) is 11.4. The molecule has 1 unspecified atom stereocenters. The number of nitrogens with one attached hydrogen (secondary N) is 1. The number of halogens is 2. The zero-order valence-electron chi connectivity index (χ0n) is 12.3. The number of benzene rings is 2. The summed E-state index contributed by atoms with van der Waals surface area (Å²) in [5, 5.41) is 3.43. The van der Waals surface area contributed by atoms with Crippen molar-refractivity contribution in [1.82, 2.24) is 0 Å². The van der Waals surface area contributed by atoms with Crippen LogP contribution in [0.5, 0.6) is 0 Å². The minimum absolute atomic E-state index is 0.0468. The molecule has 1 atom stereocenters. The van der Waals surface area contributed by atoms with Crippen LogP contribution in [0.1, 0.15) is 38.6 Å². The van der Waals surface area contributed by atoms with Crippen molar-refractivity contribution in [3.05, 3.63) is 63.1 Å². The van der Waals surface area contributed by atoms with Gasteiger partial charge >= 0.3 is 0 Å². The summed E-state index contributed by atoms with van der Waals surface area (Å²) in [6.07, 6.45) is -0.0468. The fourth-order valence-electron chi connectivity index (χ4n) is 2.70. The molecule has 2 amide bonds. The van der Waals surface area contributed by atoms with Gasteiger partial charge in [0.15, 0.2) is 5.78 Å². The summed E-state index contributed by atoms with van der Waals surface area (Å²) in [7, 11) is 0. The molecule has 1 aliphatic rings. The molecule has 1 heterocycles. The van der Waals surface area contributed by atoms with Crippen LogP contribution in [-0.4, -0.2) is 17.6 Å². The molecule has 24 heavy (non-hydrogen) atoms. The molecule has 0 aromatic heterocycles. The fourth-order valence-corrected chi connectivity index (χ4v) is 3.20. The summed E-state index contributed by atoms with van der Waals surface area (Å²) in [6.45, 7) is 0. The molecule has 0 fully saturated rings. The van der Waals surface area contributed by atoms with Crippen molar-refractivity contribution in [2.75, 3.05) is 5.32 Å². The number of hydrogen-bond acceptors (Lipinski definition) is 3. The van der Waals surface area contributed by atoms with Gasteiger partial charge in [-0.15, -0.1) is 0 Å². The van der Waals surface area contributed by atoms with Crippen LogP contribution in [0.25, 0.3) is 0 Å². The van der Waals surface area contributed by atoms with Crippen LogP contribution in [0.4, 0.5) is 5.69 Å². The largest absolute Gasteiger partial charge is 0.366 e. The normalized spacial score (nSPS) is 15.8. The fraction of sp³-hybridized carbons (Fsp3) is 0.118. The summed E-state index contributed by atoms with van der Waals surface area (Å²) in [5.74, 6) is -1.83. The van der Waals surface area contributed by atoms with Gasteiger partial charge in [0.2, 0.25) is 11.8 Å². The molecular weight excluding hydrogens is 351 g/mol. The molecule has 0 saturated carbocycles. The average molecular weight is 363 g/mol. The zero-order valence-corrected chi connectivity index (χ0v) is 13.8. The van der Waals surface area contributed by atoms with Gasteiger partial charge in [0.25, 0.3) is 0 Å². The van der Waals surface area contributed by atoms with E-state index in [1.165, 1.54) is 24.3 Å². The van der Waals surface area contributed by atoms with E-state index >= 15 is 0 Å². The number of rotatable bonds is 4. The third-order valence-electron chi connectivity index (χ3n) is 3.94. The highest BCUT2D eigenvalue weighted by atomic mass is 35.5. The number of nitrogens with two attached hydrogens (primary N) is 1. The van der Waals surface area contributed by atoms with E-state index < -0.39 is 11.8 Å². The number of Topliss-reactive ketones (excluding diaryl/α,β-unsaturated/α-hetero) is 1. The van der Waals surface area contributed by atoms with E-state index in [2.05, 4.69) is 5.32 Å². The third kappa shape index (κ3) is 2.88. The second-order valence-electron chi connectivity index (χ2n) is 5.43. The van der Waals surface area contributed by atoms with Crippen molar-refractivity contribution in [3.8, 4) is 0 Å². The monoisotopic (exact) mass is 362 g/mol. The molecule has 3 N–H and O–H groups in total. The van der Waals surface area contributed by atoms with E-state index in [-0.39, 0.29) is 18.1 Å². The Morgan fingerprint density at radius 2 is 1.58 bits per heavy atom. The van der Waals surface area contributed by atoms with Gasteiger partial charge < -0.3 is 11.1 Å². The van der Waals surface area contributed by atoms with Crippen molar-refractivity contribution < 1.29 is 14.4 Å². The zero-order chi connectivity index (χ0) is 17.4. The Morgan fingerprint density at radius 1 is 1.00 bits per heavy atom. The molecule has 3 rings (SSSR count). The lowest BCUT2D eigenvalue weighted by Crippen LogP contribution is -2.16. The van der Waals surface area contributed by atoms with Gasteiger partial charge in [-0.05, 0) is 24.3 Å². The van der Waals surface area contributed by atoms with Crippen molar-refractivity contribution >= 4 is 46.5 Å². The van der Waals surface area contributed by atoms with E-state index in [1.807, 2.05) is 0 Å². The smallest absolute Gasteiger partial charge is 0.248 e. The lowest BCUT2D eigenvalue weighted by atomic mass is 9.92. The van der Waals surface area contributed by atoms with Crippen LogP contribution in [0.15, 0.2) is 36.4 Å². The molecule has 122 valence electrons. The van der Waals surface area contributed by atoms with Crippen LogP contribution < -0.4 is 11.1 Å². The molecule has 0 bridgehead atoms. The molecule has 0 spiro atoms. The number of ketones is 1. The molecule has 0 aliphatic carbocycles. The molecule has 0 radical (unpaired) electrons. The maximum atomic E-state index is 12.5. The van der Waals surface area contributed by atoms with E-state index in [0.29, 0.717) is 32.4 Å². The standard InChI is InChI=1S/C17H12Cl2N2O3/c18-11-5-6-12(19)15-14(11)10(17(24)21-15)7-13(22)8-1-3-9(4-2-8)16(20)23/h1-6,10H,7H2,(H2,20,23)(H,21,24). The first kappa shape index (κ1) is 16.5. The van der Waals surface area contributed by atoms with Crippen LogP contribution in [0.3, 0.4) is 0 Å². The highest BCUT2D eigenvalue weighted by Crippen LogP contribution is 2.43. The van der Waals surface area contributed by atoms with Gasteiger partial charge in [-0.1, -0.05) is 35.3 Å².